The summed E-state index contributed by atoms with van der Waals surface area (Å²) in [6.45, 7) is 8.50. The Balaban J connectivity index is 2.24. The van der Waals surface area contributed by atoms with E-state index in [0.717, 1.165) is 5.57 Å². The van der Waals surface area contributed by atoms with Crippen molar-refractivity contribution in [2.75, 3.05) is 26.3 Å². The van der Waals surface area contributed by atoms with E-state index in [-0.39, 0.29) is 25.5 Å². The number of rotatable bonds is 9. The van der Waals surface area contributed by atoms with Gasteiger partial charge in [0.25, 0.3) is 5.91 Å². The van der Waals surface area contributed by atoms with E-state index < -0.39 is 5.97 Å². The molecule has 0 unspecified atom stereocenters. The Morgan fingerprint density at radius 3 is 2.50 bits per heavy atom. The van der Waals surface area contributed by atoms with Crippen LogP contribution in [0.25, 0.3) is 0 Å². The van der Waals surface area contributed by atoms with E-state index in [1.54, 1.807) is 4.90 Å². The van der Waals surface area contributed by atoms with Crippen LogP contribution >= 0.6 is 0 Å². The molecule has 0 aliphatic heterocycles. The van der Waals surface area contributed by atoms with Gasteiger partial charge < -0.3 is 14.4 Å². The van der Waals surface area contributed by atoms with Gasteiger partial charge in [-0.1, -0.05) is 30.4 Å². The van der Waals surface area contributed by atoms with E-state index in [9.17, 15) is 9.59 Å². The molecule has 0 N–H and O–H groups in total. The third-order valence-electron chi connectivity index (χ3n) is 2.87. The highest BCUT2D eigenvalue weighted by molar-refractivity contribution is 5.80. The number of carbonyl (C=O) groups is 2. The van der Waals surface area contributed by atoms with Gasteiger partial charge in [-0.15, -0.1) is 0 Å². The lowest BCUT2D eigenvalue weighted by atomic mass is 10.3. The Bertz CT molecular complexity index is 499. The van der Waals surface area contributed by atoms with E-state index in [1.807, 2.05) is 44.2 Å². The SMILES string of the molecule is C=C(C)CN(CC)C(=O)COC(=O)CCOc1ccccc1. The van der Waals surface area contributed by atoms with Crippen molar-refractivity contribution < 1.29 is 19.1 Å². The monoisotopic (exact) mass is 305 g/mol. The van der Waals surface area contributed by atoms with Crippen LogP contribution in [0.4, 0.5) is 0 Å². The molecular formula is C17H23NO4. The predicted octanol–water partition coefficient (Wildman–Crippen LogP) is 2.42. The number of ether oxygens (including phenoxy) is 2. The summed E-state index contributed by atoms with van der Waals surface area (Å²) in [5.74, 6) is 0.0310. The molecule has 1 amide bonds. The third kappa shape index (κ3) is 6.92. The highest BCUT2D eigenvalue weighted by Crippen LogP contribution is 2.08. The number of carbonyl (C=O) groups excluding carboxylic acids is 2. The van der Waals surface area contributed by atoms with E-state index in [4.69, 9.17) is 9.47 Å². The number of hydrogen-bond donors (Lipinski definition) is 0. The number of likely N-dealkylation sites (N-methyl/N-ethyl adjacent to an activating group) is 1. The van der Waals surface area contributed by atoms with Gasteiger partial charge in [-0.3, -0.25) is 9.59 Å². The molecule has 1 rings (SSSR count). The summed E-state index contributed by atoms with van der Waals surface area (Å²) in [7, 11) is 0. The first-order chi connectivity index (χ1) is 10.5. The lowest BCUT2D eigenvalue weighted by molar-refractivity contribution is -0.152. The molecule has 5 heteroatoms. The molecule has 0 radical (unpaired) electrons. The van der Waals surface area contributed by atoms with Crippen molar-refractivity contribution in [3.63, 3.8) is 0 Å². The van der Waals surface area contributed by atoms with Crippen molar-refractivity contribution in [1.29, 1.82) is 0 Å². The molecule has 5 nitrogen and oxygen atoms in total. The van der Waals surface area contributed by atoms with Crippen molar-refractivity contribution in [3.8, 4) is 5.75 Å². The van der Waals surface area contributed by atoms with Crippen LogP contribution in [-0.4, -0.2) is 43.1 Å². The van der Waals surface area contributed by atoms with Crippen LogP contribution in [-0.2, 0) is 14.3 Å². The lowest BCUT2D eigenvalue weighted by Crippen LogP contribution is -2.35. The summed E-state index contributed by atoms with van der Waals surface area (Å²) in [5, 5.41) is 0. The molecule has 0 atom stereocenters. The molecule has 120 valence electrons. The van der Waals surface area contributed by atoms with Crippen molar-refractivity contribution in [1.82, 2.24) is 4.90 Å². The number of para-hydroxylation sites is 1. The normalized spacial score (nSPS) is 9.91. The summed E-state index contributed by atoms with van der Waals surface area (Å²) in [6.07, 6.45) is 0.106. The number of amides is 1. The van der Waals surface area contributed by atoms with Crippen molar-refractivity contribution in [2.45, 2.75) is 20.3 Å². The molecular weight excluding hydrogens is 282 g/mol. The zero-order valence-corrected chi connectivity index (χ0v) is 13.2. The van der Waals surface area contributed by atoms with Crippen LogP contribution in [0.15, 0.2) is 42.5 Å². The van der Waals surface area contributed by atoms with Gasteiger partial charge in [0.2, 0.25) is 0 Å². The second kappa shape index (κ2) is 9.60. The molecule has 0 aromatic heterocycles. The smallest absolute Gasteiger partial charge is 0.309 e. The van der Waals surface area contributed by atoms with Gasteiger partial charge in [0.15, 0.2) is 6.61 Å². The first-order valence-corrected chi connectivity index (χ1v) is 7.28. The van der Waals surface area contributed by atoms with E-state index in [2.05, 4.69) is 6.58 Å². The Morgan fingerprint density at radius 2 is 1.91 bits per heavy atom. The van der Waals surface area contributed by atoms with Crippen LogP contribution in [0.1, 0.15) is 20.3 Å². The Labute approximate surface area is 131 Å². The molecule has 22 heavy (non-hydrogen) atoms. The Kier molecular flexibility index (Phi) is 7.75. The molecule has 0 bridgehead atoms. The minimum Gasteiger partial charge on any atom is -0.493 e. The second-order valence-electron chi connectivity index (χ2n) is 4.94. The quantitative estimate of drug-likeness (QED) is 0.519. The fraction of sp³-hybridized carbons (Fsp3) is 0.412. The number of hydrogen-bond acceptors (Lipinski definition) is 4. The summed E-state index contributed by atoms with van der Waals surface area (Å²) < 4.78 is 10.4. The van der Waals surface area contributed by atoms with Gasteiger partial charge in [-0.2, -0.15) is 0 Å². The van der Waals surface area contributed by atoms with Crippen molar-refractivity contribution in [3.05, 3.63) is 42.5 Å². The number of nitrogens with zero attached hydrogens (tertiary/aromatic N) is 1. The molecule has 0 saturated heterocycles. The topological polar surface area (TPSA) is 55.8 Å². The van der Waals surface area contributed by atoms with Gasteiger partial charge in [0, 0.05) is 13.1 Å². The number of esters is 1. The van der Waals surface area contributed by atoms with Crippen LogP contribution in [0, 0.1) is 0 Å². The first-order valence-electron chi connectivity index (χ1n) is 7.28. The standard InChI is InChI=1S/C17H23NO4/c1-4-18(12-14(2)3)16(19)13-22-17(20)10-11-21-15-8-6-5-7-9-15/h5-9H,2,4,10-13H2,1,3H3. The van der Waals surface area contributed by atoms with Gasteiger partial charge in [-0.25, -0.2) is 0 Å². The number of benzene rings is 1. The van der Waals surface area contributed by atoms with Crippen LogP contribution in [0.3, 0.4) is 0 Å². The average molecular weight is 305 g/mol. The molecule has 0 spiro atoms. The average Bonchev–Trinajstić information content (AvgIpc) is 2.51. The predicted molar refractivity (Wildman–Crippen MR) is 84.6 cm³/mol. The highest BCUT2D eigenvalue weighted by Gasteiger charge is 2.14. The van der Waals surface area contributed by atoms with E-state index in [1.165, 1.54) is 0 Å². The maximum Gasteiger partial charge on any atom is 0.309 e. The zero-order chi connectivity index (χ0) is 16.4. The summed E-state index contributed by atoms with van der Waals surface area (Å²) in [6, 6.07) is 9.22. The molecule has 0 saturated carbocycles. The highest BCUT2D eigenvalue weighted by atomic mass is 16.5. The van der Waals surface area contributed by atoms with Crippen molar-refractivity contribution in [2.24, 2.45) is 0 Å². The minimum atomic E-state index is -0.448. The summed E-state index contributed by atoms with van der Waals surface area (Å²) in [4.78, 5) is 25.1. The van der Waals surface area contributed by atoms with Crippen LogP contribution in [0.5, 0.6) is 5.75 Å². The van der Waals surface area contributed by atoms with Crippen LogP contribution in [0.2, 0.25) is 0 Å². The maximum absolute atomic E-state index is 11.9. The lowest BCUT2D eigenvalue weighted by Gasteiger charge is -2.20. The zero-order valence-electron chi connectivity index (χ0n) is 13.2. The summed E-state index contributed by atoms with van der Waals surface area (Å²) in [5.41, 5.74) is 0.887. The Hall–Kier alpha value is -2.30. The molecule has 0 aliphatic carbocycles. The molecule has 0 aliphatic rings. The fourth-order valence-electron chi connectivity index (χ4n) is 1.78. The Morgan fingerprint density at radius 1 is 1.23 bits per heavy atom. The largest absolute Gasteiger partial charge is 0.493 e. The van der Waals surface area contributed by atoms with E-state index in [0.29, 0.717) is 18.8 Å². The molecule has 0 heterocycles. The van der Waals surface area contributed by atoms with Gasteiger partial charge in [0.05, 0.1) is 13.0 Å². The molecule has 0 fully saturated rings. The molecule has 1 aromatic rings. The van der Waals surface area contributed by atoms with Gasteiger partial charge in [0.1, 0.15) is 5.75 Å². The van der Waals surface area contributed by atoms with E-state index >= 15 is 0 Å². The van der Waals surface area contributed by atoms with Gasteiger partial charge in [-0.05, 0) is 26.0 Å². The van der Waals surface area contributed by atoms with Gasteiger partial charge >= 0.3 is 5.97 Å². The first kappa shape index (κ1) is 17.8. The fourth-order valence-corrected chi connectivity index (χ4v) is 1.78. The maximum atomic E-state index is 11.9. The van der Waals surface area contributed by atoms with Crippen LogP contribution < -0.4 is 4.74 Å². The van der Waals surface area contributed by atoms with Crippen molar-refractivity contribution >= 4 is 11.9 Å². The minimum absolute atomic E-state index is 0.106. The third-order valence-corrected chi connectivity index (χ3v) is 2.87. The molecule has 1 aromatic carbocycles. The second-order valence-corrected chi connectivity index (χ2v) is 4.94. The summed E-state index contributed by atoms with van der Waals surface area (Å²) >= 11 is 0.